The van der Waals surface area contributed by atoms with Gasteiger partial charge in [0.1, 0.15) is 11.6 Å². The van der Waals surface area contributed by atoms with E-state index in [2.05, 4.69) is 15.3 Å². The normalized spacial score (nSPS) is 10.2. The summed E-state index contributed by atoms with van der Waals surface area (Å²) in [4.78, 5) is 19.4. The van der Waals surface area contributed by atoms with Crippen LogP contribution in [0.3, 0.4) is 0 Å². The SMILES string of the molecule is Cc1ncc(CNC(=O)N(CCCl)N[O-])c(N)n1. The highest BCUT2D eigenvalue weighted by molar-refractivity contribution is 6.18. The van der Waals surface area contributed by atoms with E-state index in [1.807, 2.05) is 0 Å². The first-order valence-electron chi connectivity index (χ1n) is 5.15. The lowest BCUT2D eigenvalue weighted by Crippen LogP contribution is -2.46. The molecule has 18 heavy (non-hydrogen) atoms. The molecule has 0 aliphatic heterocycles. The third kappa shape index (κ3) is 3.99. The van der Waals surface area contributed by atoms with E-state index in [9.17, 15) is 10.0 Å². The van der Waals surface area contributed by atoms with Gasteiger partial charge in [-0.05, 0) is 6.92 Å². The molecule has 0 atom stereocenters. The number of aromatic nitrogens is 2. The van der Waals surface area contributed by atoms with Crippen LogP contribution in [0, 0.1) is 12.1 Å². The van der Waals surface area contributed by atoms with Crippen molar-refractivity contribution in [1.29, 1.82) is 0 Å². The van der Waals surface area contributed by atoms with Crippen LogP contribution in [0.25, 0.3) is 0 Å². The Morgan fingerprint density at radius 1 is 1.67 bits per heavy atom. The smallest absolute Gasteiger partial charge is 0.331 e. The van der Waals surface area contributed by atoms with Crippen LogP contribution < -0.4 is 16.6 Å². The van der Waals surface area contributed by atoms with Crippen LogP contribution in [0.2, 0.25) is 0 Å². The van der Waals surface area contributed by atoms with E-state index >= 15 is 0 Å². The second-order valence-electron chi connectivity index (χ2n) is 3.42. The number of amides is 2. The molecule has 100 valence electrons. The zero-order valence-corrected chi connectivity index (χ0v) is 10.6. The summed E-state index contributed by atoms with van der Waals surface area (Å²) in [6.45, 7) is 1.93. The minimum atomic E-state index is -0.592. The number of carbonyl (C=O) groups is 1. The highest BCUT2D eigenvalue weighted by Crippen LogP contribution is 2.06. The minimum absolute atomic E-state index is 0.0940. The number of alkyl halides is 1. The summed E-state index contributed by atoms with van der Waals surface area (Å²) in [5.41, 5.74) is 7.72. The molecule has 0 aromatic carbocycles. The van der Waals surface area contributed by atoms with E-state index in [1.165, 1.54) is 11.8 Å². The molecule has 8 nitrogen and oxygen atoms in total. The number of hydrogen-bond donors (Lipinski definition) is 3. The number of nitrogens with zero attached hydrogens (tertiary/aromatic N) is 3. The van der Waals surface area contributed by atoms with Gasteiger partial charge < -0.3 is 21.8 Å². The molecule has 1 heterocycles. The molecule has 0 aliphatic rings. The summed E-state index contributed by atoms with van der Waals surface area (Å²) < 4.78 is 0. The molecule has 0 radical (unpaired) electrons. The summed E-state index contributed by atoms with van der Waals surface area (Å²) in [6, 6.07) is -0.592. The van der Waals surface area contributed by atoms with E-state index in [0.717, 1.165) is 5.01 Å². The van der Waals surface area contributed by atoms with Crippen LogP contribution in [0.5, 0.6) is 0 Å². The van der Waals surface area contributed by atoms with Gasteiger partial charge in [-0.3, -0.25) is 5.01 Å². The molecule has 4 N–H and O–H groups in total. The molecule has 2 amide bonds. The second kappa shape index (κ2) is 6.94. The van der Waals surface area contributed by atoms with Gasteiger partial charge in [-0.2, -0.15) is 0 Å². The van der Waals surface area contributed by atoms with E-state index < -0.39 is 6.03 Å². The topological polar surface area (TPSA) is 119 Å². The van der Waals surface area contributed by atoms with Crippen molar-refractivity contribution in [1.82, 2.24) is 25.9 Å². The lowest BCUT2D eigenvalue weighted by molar-refractivity contribution is 0.186. The lowest BCUT2D eigenvalue weighted by atomic mass is 10.3. The number of aryl methyl sites for hydroxylation is 1. The Morgan fingerprint density at radius 3 is 2.94 bits per heavy atom. The van der Waals surface area contributed by atoms with Gasteiger partial charge in [-0.25, -0.2) is 14.8 Å². The number of rotatable bonds is 5. The van der Waals surface area contributed by atoms with E-state index in [0.29, 0.717) is 17.2 Å². The number of nitrogen functional groups attached to an aromatic ring is 1. The van der Waals surface area contributed by atoms with E-state index in [1.54, 1.807) is 6.92 Å². The van der Waals surface area contributed by atoms with Crippen molar-refractivity contribution in [3.05, 3.63) is 22.8 Å². The molecule has 1 aromatic heterocycles. The fourth-order valence-corrected chi connectivity index (χ4v) is 1.36. The summed E-state index contributed by atoms with van der Waals surface area (Å²) in [5.74, 6) is 0.993. The second-order valence-corrected chi connectivity index (χ2v) is 3.80. The average molecular weight is 274 g/mol. The largest absolute Gasteiger partial charge is 0.770 e. The Labute approximate surface area is 109 Å². The zero-order chi connectivity index (χ0) is 13.5. The number of nitrogens with two attached hydrogens (primary N) is 1. The van der Waals surface area contributed by atoms with Gasteiger partial charge >= 0.3 is 6.03 Å². The zero-order valence-electron chi connectivity index (χ0n) is 9.81. The van der Waals surface area contributed by atoms with Gasteiger partial charge in [0.25, 0.3) is 0 Å². The first kappa shape index (κ1) is 14.4. The molecule has 0 saturated carbocycles. The fraction of sp³-hybridized carbons (Fsp3) is 0.444. The maximum Gasteiger partial charge on any atom is 0.331 e. The number of hydrogen-bond acceptors (Lipinski definition) is 6. The molecule has 9 heteroatoms. The van der Waals surface area contributed by atoms with Gasteiger partial charge in [-0.15, -0.1) is 11.6 Å². The van der Waals surface area contributed by atoms with Crippen molar-refractivity contribution in [2.24, 2.45) is 0 Å². The fourth-order valence-electron chi connectivity index (χ4n) is 1.19. The summed E-state index contributed by atoms with van der Waals surface area (Å²) >= 11 is 5.44. The van der Waals surface area contributed by atoms with Crippen LogP contribution in [0.15, 0.2) is 6.20 Å². The van der Waals surface area contributed by atoms with Crippen molar-refractivity contribution < 1.29 is 4.79 Å². The Bertz CT molecular complexity index is 416. The minimum Gasteiger partial charge on any atom is -0.770 e. The molecule has 0 saturated heterocycles. The van der Waals surface area contributed by atoms with Crippen molar-refractivity contribution in [2.75, 3.05) is 18.2 Å². The average Bonchev–Trinajstić information content (AvgIpc) is 2.34. The predicted molar refractivity (Wildman–Crippen MR) is 67.3 cm³/mol. The summed E-state index contributed by atoms with van der Waals surface area (Å²) in [6.07, 6.45) is 1.52. The molecular formula is C9H14ClN6O2-. The lowest BCUT2D eigenvalue weighted by Gasteiger charge is -2.26. The van der Waals surface area contributed by atoms with Gasteiger partial charge in [0.2, 0.25) is 0 Å². The predicted octanol–water partition coefficient (Wildman–Crippen LogP) is 0.120. The van der Waals surface area contributed by atoms with Crippen molar-refractivity contribution >= 4 is 23.4 Å². The van der Waals surface area contributed by atoms with Crippen LogP contribution in [-0.2, 0) is 6.54 Å². The number of nitrogens with one attached hydrogen (secondary N) is 2. The van der Waals surface area contributed by atoms with Gasteiger partial charge in [0.05, 0.1) is 6.54 Å². The highest BCUT2D eigenvalue weighted by atomic mass is 35.5. The molecule has 0 bridgehead atoms. The Hall–Kier alpha value is -1.64. The maximum absolute atomic E-state index is 11.5. The van der Waals surface area contributed by atoms with E-state index in [4.69, 9.17) is 17.3 Å². The Balaban J connectivity index is 2.56. The number of hydrazine groups is 1. The molecular weight excluding hydrogens is 260 g/mol. The number of halogens is 1. The van der Waals surface area contributed by atoms with Crippen LogP contribution in [-0.4, -0.2) is 33.4 Å². The van der Waals surface area contributed by atoms with Crippen LogP contribution >= 0.6 is 11.6 Å². The van der Waals surface area contributed by atoms with Gasteiger partial charge in [0.15, 0.2) is 0 Å². The number of carbonyl (C=O) groups excluding carboxylic acids is 1. The molecule has 0 spiro atoms. The van der Waals surface area contributed by atoms with E-state index in [-0.39, 0.29) is 19.0 Å². The molecule has 1 aromatic rings. The Kier molecular flexibility index (Phi) is 5.56. The summed E-state index contributed by atoms with van der Waals surface area (Å²) in [7, 11) is 0. The van der Waals surface area contributed by atoms with Gasteiger partial charge in [0, 0.05) is 24.2 Å². The van der Waals surface area contributed by atoms with Crippen LogP contribution in [0.1, 0.15) is 11.4 Å². The number of anilines is 1. The molecule has 0 fully saturated rings. The van der Waals surface area contributed by atoms with Crippen LogP contribution in [0.4, 0.5) is 10.6 Å². The molecule has 0 aliphatic carbocycles. The monoisotopic (exact) mass is 273 g/mol. The maximum atomic E-state index is 11.5. The third-order valence-electron chi connectivity index (χ3n) is 2.11. The standard InChI is InChI=1S/C9H14ClN6O2/c1-6-12-4-7(8(11)14-6)5-13-9(17)16(15-18)3-2-10/h4,15H,2-3,5H2,1H3,(H,13,17)(H2,11,12,14)/q-1. The Morgan fingerprint density at radius 2 is 2.39 bits per heavy atom. The summed E-state index contributed by atoms with van der Waals surface area (Å²) in [5, 5.41) is 13.8. The molecule has 1 rings (SSSR count). The van der Waals surface area contributed by atoms with Crippen molar-refractivity contribution in [3.63, 3.8) is 0 Å². The number of urea groups is 1. The third-order valence-corrected chi connectivity index (χ3v) is 2.28. The molecule has 0 unspecified atom stereocenters. The highest BCUT2D eigenvalue weighted by Gasteiger charge is 2.10. The quantitative estimate of drug-likeness (QED) is 0.518. The first-order valence-corrected chi connectivity index (χ1v) is 5.69. The first-order chi connectivity index (χ1) is 8.58. The van der Waals surface area contributed by atoms with Crippen molar-refractivity contribution in [3.8, 4) is 0 Å². The van der Waals surface area contributed by atoms with Crippen molar-refractivity contribution in [2.45, 2.75) is 13.5 Å². The van der Waals surface area contributed by atoms with Gasteiger partial charge in [-0.1, -0.05) is 0 Å².